The fourth-order valence-corrected chi connectivity index (χ4v) is 0.744. The van der Waals surface area contributed by atoms with Gasteiger partial charge in [0, 0.05) is 12.0 Å². The molecule has 0 aliphatic rings. The highest BCUT2D eigenvalue weighted by molar-refractivity contribution is 8.00. The van der Waals surface area contributed by atoms with Gasteiger partial charge in [0.05, 0.1) is 0 Å². The Morgan fingerprint density at radius 3 is 2.43 bits per heavy atom. The van der Waals surface area contributed by atoms with Crippen molar-refractivity contribution in [2.24, 2.45) is 0 Å². The quantitative estimate of drug-likeness (QED) is 0.592. The lowest BCUT2D eigenvalue weighted by molar-refractivity contribution is 1.79. The fourth-order valence-electron chi connectivity index (χ4n) is 0.122. The van der Waals surface area contributed by atoms with Crippen LogP contribution in [-0.4, -0.2) is 5.75 Å². The molecule has 0 fully saturated rings. The molecule has 0 unspecified atom stereocenters. The molecule has 0 aliphatic carbocycles. The molecule has 7 heavy (non-hydrogen) atoms. The molecule has 0 spiro atoms. The third kappa shape index (κ3) is 6.67. The van der Waals surface area contributed by atoms with Gasteiger partial charge in [0.15, 0.2) is 0 Å². The van der Waals surface area contributed by atoms with Gasteiger partial charge in [-0.05, 0) is 6.08 Å². The van der Waals surface area contributed by atoms with Gasteiger partial charge in [-0.2, -0.15) is 11.8 Å². The van der Waals surface area contributed by atoms with E-state index in [9.17, 15) is 0 Å². The first-order chi connectivity index (χ1) is 3.27. The van der Waals surface area contributed by atoms with Gasteiger partial charge in [-0.3, -0.25) is 0 Å². The SMILES string of the molecule is [CH2]SCC=C(Cl)Cl. The highest BCUT2D eigenvalue weighted by atomic mass is 35.5. The van der Waals surface area contributed by atoms with Crippen LogP contribution in [0, 0.1) is 6.26 Å². The summed E-state index contributed by atoms with van der Waals surface area (Å²) in [6, 6.07) is 0. The third-order valence-corrected chi connectivity index (χ3v) is 1.07. The van der Waals surface area contributed by atoms with E-state index in [2.05, 4.69) is 6.26 Å². The fraction of sp³-hybridized carbons (Fsp3) is 0.250. The van der Waals surface area contributed by atoms with Crippen molar-refractivity contribution in [2.45, 2.75) is 0 Å². The van der Waals surface area contributed by atoms with Crippen LogP contribution in [0.25, 0.3) is 0 Å². The molecule has 0 saturated heterocycles. The van der Waals surface area contributed by atoms with Crippen LogP contribution in [0.4, 0.5) is 0 Å². The molecule has 0 atom stereocenters. The van der Waals surface area contributed by atoms with Crippen LogP contribution in [-0.2, 0) is 0 Å². The van der Waals surface area contributed by atoms with Gasteiger partial charge in [0.2, 0.25) is 0 Å². The van der Waals surface area contributed by atoms with E-state index in [1.165, 1.54) is 11.8 Å². The predicted octanol–water partition coefficient (Wildman–Crippen LogP) is 2.83. The zero-order valence-corrected chi connectivity index (χ0v) is 5.98. The summed E-state index contributed by atoms with van der Waals surface area (Å²) in [6.45, 7) is 0. The van der Waals surface area contributed by atoms with Gasteiger partial charge >= 0.3 is 0 Å². The summed E-state index contributed by atoms with van der Waals surface area (Å²) in [4.78, 5) is 0. The molecule has 0 aromatic heterocycles. The van der Waals surface area contributed by atoms with Crippen molar-refractivity contribution in [3.8, 4) is 0 Å². The van der Waals surface area contributed by atoms with Crippen molar-refractivity contribution in [1.82, 2.24) is 0 Å². The van der Waals surface area contributed by atoms with E-state index in [4.69, 9.17) is 23.2 Å². The van der Waals surface area contributed by atoms with Crippen LogP contribution < -0.4 is 0 Å². The monoisotopic (exact) mass is 155 g/mol. The average molecular weight is 156 g/mol. The molecule has 0 aromatic carbocycles. The smallest absolute Gasteiger partial charge is 0.103 e. The van der Waals surface area contributed by atoms with Gasteiger partial charge < -0.3 is 0 Å². The summed E-state index contributed by atoms with van der Waals surface area (Å²) in [5.74, 6) is 0.780. The maximum absolute atomic E-state index is 5.24. The number of halogens is 2. The molecule has 0 rings (SSSR count). The van der Waals surface area contributed by atoms with Crippen LogP contribution in [0.3, 0.4) is 0 Å². The van der Waals surface area contributed by atoms with E-state index in [0.717, 1.165) is 5.75 Å². The first kappa shape index (κ1) is 7.67. The lowest BCUT2D eigenvalue weighted by Crippen LogP contribution is -1.62. The average Bonchev–Trinajstić information content (AvgIpc) is 1.61. The van der Waals surface area contributed by atoms with E-state index in [-0.39, 0.29) is 0 Å². The maximum atomic E-state index is 5.24. The normalized spacial score (nSPS) is 8.43. The van der Waals surface area contributed by atoms with Crippen LogP contribution in [0.1, 0.15) is 0 Å². The van der Waals surface area contributed by atoms with Crippen LogP contribution in [0.5, 0.6) is 0 Å². The molecule has 0 bridgehead atoms. The second kappa shape index (κ2) is 4.82. The predicted molar refractivity (Wildman–Crippen MR) is 37.6 cm³/mol. The van der Waals surface area contributed by atoms with E-state index >= 15 is 0 Å². The van der Waals surface area contributed by atoms with E-state index < -0.39 is 0 Å². The molecule has 41 valence electrons. The van der Waals surface area contributed by atoms with Gasteiger partial charge in [-0.1, -0.05) is 23.2 Å². The van der Waals surface area contributed by atoms with Gasteiger partial charge in [-0.15, -0.1) is 0 Å². The van der Waals surface area contributed by atoms with Gasteiger partial charge in [-0.25, -0.2) is 0 Å². The summed E-state index contributed by atoms with van der Waals surface area (Å²) in [7, 11) is 0. The van der Waals surface area contributed by atoms with Crippen molar-refractivity contribution in [2.75, 3.05) is 5.75 Å². The Balaban J connectivity index is 3.08. The summed E-state index contributed by atoms with van der Waals surface area (Å²) < 4.78 is 0.316. The summed E-state index contributed by atoms with van der Waals surface area (Å²) >= 11 is 11.9. The molecule has 0 amide bonds. The topological polar surface area (TPSA) is 0 Å². The number of rotatable bonds is 2. The number of hydrogen-bond acceptors (Lipinski definition) is 1. The summed E-state index contributed by atoms with van der Waals surface area (Å²) in [5.41, 5.74) is 0. The molecule has 0 N–H and O–H groups in total. The molecule has 0 saturated carbocycles. The Labute approximate surface area is 57.9 Å². The van der Waals surface area contributed by atoms with Crippen molar-refractivity contribution >= 4 is 35.0 Å². The van der Waals surface area contributed by atoms with Crippen molar-refractivity contribution in [3.05, 3.63) is 16.8 Å². The molecule has 0 heterocycles. The van der Waals surface area contributed by atoms with E-state index in [0.29, 0.717) is 4.49 Å². The van der Waals surface area contributed by atoms with Crippen molar-refractivity contribution < 1.29 is 0 Å². The second-order valence-electron chi connectivity index (χ2n) is 0.865. The molecular formula is C4H5Cl2S. The first-order valence-corrected chi connectivity index (χ1v) is 3.56. The molecule has 0 aliphatic heterocycles. The second-order valence-corrected chi connectivity index (χ2v) is 2.61. The lowest BCUT2D eigenvalue weighted by atomic mass is 10.8. The van der Waals surface area contributed by atoms with Crippen LogP contribution in [0.15, 0.2) is 10.6 Å². The Bertz CT molecular complexity index is 66.1. The minimum Gasteiger partial charge on any atom is -0.157 e. The Morgan fingerprint density at radius 1 is 1.71 bits per heavy atom. The zero-order valence-electron chi connectivity index (χ0n) is 3.66. The first-order valence-electron chi connectivity index (χ1n) is 1.65. The third-order valence-electron chi connectivity index (χ3n) is 0.355. The maximum Gasteiger partial charge on any atom is 0.103 e. The molecule has 1 radical (unpaired) electrons. The Kier molecular flexibility index (Phi) is 5.28. The van der Waals surface area contributed by atoms with Crippen LogP contribution >= 0.6 is 35.0 Å². The molecule has 3 heteroatoms. The zero-order chi connectivity index (χ0) is 5.70. The number of hydrogen-bond donors (Lipinski definition) is 0. The Hall–Kier alpha value is 0.670. The Morgan fingerprint density at radius 2 is 2.29 bits per heavy atom. The molecular weight excluding hydrogens is 151 g/mol. The summed E-state index contributed by atoms with van der Waals surface area (Å²) in [5, 5.41) is 0. The largest absolute Gasteiger partial charge is 0.157 e. The van der Waals surface area contributed by atoms with Crippen LogP contribution in [0.2, 0.25) is 0 Å². The summed E-state index contributed by atoms with van der Waals surface area (Å²) in [6.07, 6.45) is 5.21. The standard InChI is InChI=1S/C4H5Cl2S/c1-7-3-2-4(5)6/h2H,1,3H2. The van der Waals surface area contributed by atoms with E-state index in [1.54, 1.807) is 6.08 Å². The van der Waals surface area contributed by atoms with Crippen molar-refractivity contribution in [1.29, 1.82) is 0 Å². The van der Waals surface area contributed by atoms with E-state index in [1.807, 2.05) is 0 Å². The lowest BCUT2D eigenvalue weighted by Gasteiger charge is -1.81. The van der Waals surface area contributed by atoms with Gasteiger partial charge in [0.25, 0.3) is 0 Å². The highest BCUT2D eigenvalue weighted by Gasteiger charge is 1.78. The number of thioether (sulfide) groups is 1. The molecule has 0 nitrogen and oxygen atoms in total. The van der Waals surface area contributed by atoms with Gasteiger partial charge in [0.1, 0.15) is 4.49 Å². The minimum atomic E-state index is 0.316. The molecule has 0 aromatic rings. The minimum absolute atomic E-state index is 0.316. The highest BCUT2D eigenvalue weighted by Crippen LogP contribution is 2.07. The van der Waals surface area contributed by atoms with Crippen molar-refractivity contribution in [3.63, 3.8) is 0 Å².